The van der Waals surface area contributed by atoms with E-state index in [0.29, 0.717) is 16.9 Å². The molecule has 1 aromatic heterocycles. The van der Waals surface area contributed by atoms with Gasteiger partial charge in [0.25, 0.3) is 11.8 Å². The van der Waals surface area contributed by atoms with Crippen LogP contribution in [0.2, 0.25) is 0 Å². The van der Waals surface area contributed by atoms with E-state index >= 15 is 0 Å². The predicted molar refractivity (Wildman–Crippen MR) is 119 cm³/mol. The molecule has 0 aliphatic rings. The van der Waals surface area contributed by atoms with E-state index in [2.05, 4.69) is 15.8 Å². The van der Waals surface area contributed by atoms with Crippen LogP contribution in [0.1, 0.15) is 28.6 Å². The van der Waals surface area contributed by atoms with Crippen molar-refractivity contribution < 1.29 is 19.1 Å². The highest BCUT2D eigenvalue weighted by Gasteiger charge is 2.15. The SMILES string of the molecule is CC(/C=N\NC(=O)/C(=C/c1ccccc1O)NC(=O)c1ccccc1)=C\c1ccco1. The molecule has 0 aliphatic carbocycles. The van der Waals surface area contributed by atoms with Gasteiger partial charge in [-0.25, -0.2) is 5.43 Å². The van der Waals surface area contributed by atoms with Gasteiger partial charge in [0.2, 0.25) is 0 Å². The third kappa shape index (κ3) is 6.30. The van der Waals surface area contributed by atoms with Crippen LogP contribution in [0.5, 0.6) is 5.75 Å². The number of carbonyl (C=O) groups excluding carboxylic acids is 2. The van der Waals surface area contributed by atoms with Crippen LogP contribution < -0.4 is 10.7 Å². The molecule has 0 spiro atoms. The number of aromatic hydroxyl groups is 1. The molecule has 3 N–H and O–H groups in total. The van der Waals surface area contributed by atoms with Crippen LogP contribution in [0.15, 0.2) is 93.8 Å². The van der Waals surface area contributed by atoms with Crippen LogP contribution in [-0.2, 0) is 4.79 Å². The molecule has 3 aromatic rings. The van der Waals surface area contributed by atoms with Crippen molar-refractivity contribution in [1.29, 1.82) is 0 Å². The van der Waals surface area contributed by atoms with Gasteiger partial charge in [-0.3, -0.25) is 9.59 Å². The van der Waals surface area contributed by atoms with E-state index in [1.165, 1.54) is 18.4 Å². The predicted octanol–water partition coefficient (Wildman–Crippen LogP) is 3.96. The van der Waals surface area contributed by atoms with Gasteiger partial charge in [0.1, 0.15) is 17.2 Å². The lowest BCUT2D eigenvalue weighted by atomic mass is 10.1. The molecule has 0 saturated heterocycles. The molecule has 1 heterocycles. The molecule has 0 saturated carbocycles. The maximum atomic E-state index is 12.7. The fraction of sp³-hybridized carbons (Fsp3) is 0.0417. The minimum absolute atomic E-state index is 0.0255. The molecular weight excluding hydrogens is 394 g/mol. The highest BCUT2D eigenvalue weighted by molar-refractivity contribution is 6.05. The second-order valence-corrected chi connectivity index (χ2v) is 6.54. The third-order valence-electron chi connectivity index (χ3n) is 4.11. The second kappa shape index (κ2) is 10.4. The van der Waals surface area contributed by atoms with Gasteiger partial charge in [0.05, 0.1) is 12.5 Å². The first-order valence-corrected chi connectivity index (χ1v) is 9.44. The lowest BCUT2D eigenvalue weighted by Gasteiger charge is -2.09. The number of allylic oxidation sites excluding steroid dienone is 1. The highest BCUT2D eigenvalue weighted by Crippen LogP contribution is 2.18. The van der Waals surface area contributed by atoms with Crippen LogP contribution in [-0.4, -0.2) is 23.1 Å². The number of phenols is 1. The van der Waals surface area contributed by atoms with E-state index in [9.17, 15) is 14.7 Å². The summed E-state index contributed by atoms with van der Waals surface area (Å²) in [6.45, 7) is 1.80. The average Bonchev–Trinajstić information content (AvgIpc) is 3.28. The van der Waals surface area contributed by atoms with Gasteiger partial charge in [-0.05, 0) is 55.0 Å². The van der Waals surface area contributed by atoms with Crippen molar-refractivity contribution in [3.05, 3.63) is 101 Å². The molecule has 0 radical (unpaired) electrons. The number of benzene rings is 2. The third-order valence-corrected chi connectivity index (χ3v) is 4.11. The van der Waals surface area contributed by atoms with Gasteiger partial charge < -0.3 is 14.8 Å². The summed E-state index contributed by atoms with van der Waals surface area (Å²) >= 11 is 0. The number of hydrogen-bond donors (Lipinski definition) is 3. The van der Waals surface area contributed by atoms with Gasteiger partial charge in [0.15, 0.2) is 0 Å². The molecule has 3 rings (SSSR count). The quantitative estimate of drug-likeness (QED) is 0.309. The number of phenolic OH excluding ortho intramolecular Hbond substituents is 1. The van der Waals surface area contributed by atoms with E-state index in [1.54, 1.807) is 79.9 Å². The zero-order valence-electron chi connectivity index (χ0n) is 16.8. The van der Waals surface area contributed by atoms with Crippen LogP contribution in [0.4, 0.5) is 0 Å². The normalized spacial score (nSPS) is 12.0. The lowest BCUT2D eigenvalue weighted by Crippen LogP contribution is -2.32. The Morgan fingerprint density at radius 2 is 1.71 bits per heavy atom. The van der Waals surface area contributed by atoms with Crippen molar-refractivity contribution in [3.63, 3.8) is 0 Å². The van der Waals surface area contributed by atoms with E-state index in [1.807, 2.05) is 0 Å². The molecule has 7 heteroatoms. The van der Waals surface area contributed by atoms with Crippen LogP contribution >= 0.6 is 0 Å². The Kier molecular flexibility index (Phi) is 7.16. The van der Waals surface area contributed by atoms with Gasteiger partial charge in [-0.2, -0.15) is 5.10 Å². The number of amides is 2. The number of carbonyl (C=O) groups is 2. The molecular formula is C24H21N3O4. The first-order chi connectivity index (χ1) is 15.0. The molecule has 156 valence electrons. The van der Waals surface area contributed by atoms with Gasteiger partial charge in [-0.15, -0.1) is 0 Å². The number of hydrogen-bond acceptors (Lipinski definition) is 5. The number of rotatable bonds is 7. The Bertz CT molecular complexity index is 1130. The number of nitrogens with zero attached hydrogens (tertiary/aromatic N) is 1. The number of nitrogens with one attached hydrogen (secondary N) is 2. The molecule has 2 aromatic carbocycles. The van der Waals surface area contributed by atoms with Crippen LogP contribution in [0, 0.1) is 0 Å². The summed E-state index contributed by atoms with van der Waals surface area (Å²) in [7, 11) is 0. The molecule has 7 nitrogen and oxygen atoms in total. The number of hydrazone groups is 1. The summed E-state index contributed by atoms with van der Waals surface area (Å²) in [5.41, 5.74) is 3.82. The fourth-order valence-corrected chi connectivity index (χ4v) is 2.60. The largest absolute Gasteiger partial charge is 0.507 e. The maximum absolute atomic E-state index is 12.7. The number of para-hydroxylation sites is 1. The monoisotopic (exact) mass is 415 g/mol. The number of furan rings is 1. The van der Waals surface area contributed by atoms with Crippen molar-refractivity contribution in [1.82, 2.24) is 10.7 Å². The summed E-state index contributed by atoms with van der Waals surface area (Å²) in [5.74, 6) is -0.474. The Balaban J connectivity index is 1.78. The topological polar surface area (TPSA) is 104 Å². The molecule has 0 aliphatic heterocycles. The Labute approximate surface area is 179 Å². The molecule has 0 bridgehead atoms. The zero-order valence-corrected chi connectivity index (χ0v) is 16.8. The first-order valence-electron chi connectivity index (χ1n) is 9.44. The van der Waals surface area contributed by atoms with Crippen molar-refractivity contribution in [2.24, 2.45) is 5.10 Å². The summed E-state index contributed by atoms with van der Waals surface area (Å²) in [5, 5.41) is 16.5. The molecule has 0 fully saturated rings. The summed E-state index contributed by atoms with van der Waals surface area (Å²) in [6.07, 6.45) is 6.15. The Morgan fingerprint density at radius 1 is 0.968 bits per heavy atom. The second-order valence-electron chi connectivity index (χ2n) is 6.54. The Morgan fingerprint density at radius 3 is 2.42 bits per heavy atom. The van der Waals surface area contributed by atoms with Crippen molar-refractivity contribution in [2.75, 3.05) is 0 Å². The average molecular weight is 415 g/mol. The van der Waals surface area contributed by atoms with E-state index in [4.69, 9.17) is 4.42 Å². The van der Waals surface area contributed by atoms with E-state index < -0.39 is 11.8 Å². The van der Waals surface area contributed by atoms with Gasteiger partial charge in [-0.1, -0.05) is 36.4 Å². The van der Waals surface area contributed by atoms with Gasteiger partial charge in [0, 0.05) is 11.1 Å². The van der Waals surface area contributed by atoms with Gasteiger partial charge >= 0.3 is 0 Å². The van der Waals surface area contributed by atoms with Crippen LogP contribution in [0.3, 0.4) is 0 Å². The van der Waals surface area contributed by atoms with Crippen molar-refractivity contribution >= 4 is 30.2 Å². The Hall–Kier alpha value is -4.39. The van der Waals surface area contributed by atoms with E-state index in [0.717, 1.165) is 5.57 Å². The minimum atomic E-state index is -0.644. The lowest BCUT2D eigenvalue weighted by molar-refractivity contribution is -0.117. The zero-order chi connectivity index (χ0) is 22.1. The molecule has 31 heavy (non-hydrogen) atoms. The fourth-order valence-electron chi connectivity index (χ4n) is 2.60. The van der Waals surface area contributed by atoms with Crippen molar-refractivity contribution in [3.8, 4) is 5.75 Å². The van der Waals surface area contributed by atoms with Crippen molar-refractivity contribution in [2.45, 2.75) is 6.92 Å². The maximum Gasteiger partial charge on any atom is 0.287 e. The standard InChI is InChI=1S/C24H21N3O4/c1-17(14-20-11-7-13-31-20)16-25-27-24(30)21(15-19-10-5-6-12-22(19)28)26-23(29)18-8-3-2-4-9-18/h2-16,28H,1H3,(H,26,29)(H,27,30)/b17-14+,21-15-,25-16-. The van der Waals surface area contributed by atoms with E-state index in [-0.39, 0.29) is 11.4 Å². The highest BCUT2D eigenvalue weighted by atomic mass is 16.3. The summed E-state index contributed by atoms with van der Waals surface area (Å²) < 4.78 is 5.23. The smallest absolute Gasteiger partial charge is 0.287 e. The minimum Gasteiger partial charge on any atom is -0.507 e. The first kappa shape index (κ1) is 21.3. The molecule has 0 unspecified atom stereocenters. The summed E-state index contributed by atoms with van der Waals surface area (Å²) in [4.78, 5) is 25.2. The van der Waals surface area contributed by atoms with Crippen LogP contribution in [0.25, 0.3) is 12.2 Å². The molecule has 2 amide bonds. The summed E-state index contributed by atoms with van der Waals surface area (Å²) in [6, 6.07) is 18.5. The molecule has 0 atom stereocenters.